The monoisotopic (exact) mass is 168 g/mol. The number of quaternary nitrogens is 1. The van der Waals surface area contributed by atoms with Gasteiger partial charge in [-0.25, -0.2) is 0 Å². The lowest BCUT2D eigenvalue weighted by Gasteiger charge is -2.26. The largest absolute Gasteiger partial charge is 0.312 e. The van der Waals surface area contributed by atoms with Crippen molar-refractivity contribution >= 4 is 0 Å². The van der Waals surface area contributed by atoms with Crippen molar-refractivity contribution in [3.8, 4) is 0 Å². The second kappa shape index (κ2) is 2.73. The van der Waals surface area contributed by atoms with Crippen molar-refractivity contribution in [2.45, 2.75) is 51.6 Å². The van der Waals surface area contributed by atoms with E-state index in [1.165, 1.54) is 36.7 Å². The van der Waals surface area contributed by atoms with E-state index >= 15 is 0 Å². The molecule has 1 heteroatoms. The topological polar surface area (TPSA) is 0 Å². The molecule has 2 aliphatic rings. The summed E-state index contributed by atoms with van der Waals surface area (Å²) in [4.78, 5) is 0. The third kappa shape index (κ3) is 1.28. The summed E-state index contributed by atoms with van der Waals surface area (Å²) in [6, 6.07) is 1.87. The molecule has 0 radical (unpaired) electrons. The van der Waals surface area contributed by atoms with Crippen LogP contribution in [0.15, 0.2) is 0 Å². The molecule has 0 bridgehead atoms. The Morgan fingerprint density at radius 3 is 2.33 bits per heavy atom. The van der Waals surface area contributed by atoms with E-state index in [4.69, 9.17) is 0 Å². The molecule has 0 spiro atoms. The Morgan fingerprint density at radius 2 is 2.00 bits per heavy atom. The molecule has 0 aromatic rings. The Hall–Kier alpha value is -0.0400. The first-order chi connectivity index (χ1) is 5.63. The summed E-state index contributed by atoms with van der Waals surface area (Å²) in [5.74, 6) is 1.11. The minimum absolute atomic E-state index is 0.843. The lowest BCUT2D eigenvalue weighted by molar-refractivity contribution is -0.816. The summed E-state index contributed by atoms with van der Waals surface area (Å²) in [5, 5.41) is 0. The zero-order valence-corrected chi connectivity index (χ0v) is 8.71. The first-order valence-electron chi connectivity index (χ1n) is 5.48. The van der Waals surface area contributed by atoms with Gasteiger partial charge in [0.25, 0.3) is 0 Å². The number of rotatable bonds is 3. The molecule has 2 unspecified atom stereocenters. The smallest absolute Gasteiger partial charge is 0.139 e. The maximum atomic E-state index is 2.42. The van der Waals surface area contributed by atoms with Crippen LogP contribution in [0, 0.1) is 5.92 Å². The van der Waals surface area contributed by atoms with Gasteiger partial charge in [-0.05, 0) is 19.8 Å². The second-order valence-corrected chi connectivity index (χ2v) is 5.31. The maximum absolute atomic E-state index is 2.42. The standard InChI is InChI=1S/C11H22N/c1-9(2)12(3)8-11(12)7-10-5-4-6-10/h9-11H,4-8H2,1-3H3/q+1. The first kappa shape index (κ1) is 8.55. The molecule has 70 valence electrons. The number of hydrogen-bond donors (Lipinski definition) is 0. The highest BCUT2D eigenvalue weighted by molar-refractivity contribution is 4.81. The van der Waals surface area contributed by atoms with Gasteiger partial charge in [-0.3, -0.25) is 0 Å². The fourth-order valence-electron chi connectivity index (χ4n) is 2.47. The molecular formula is C11H22N+. The Labute approximate surface area is 76.3 Å². The number of likely N-dealkylation sites (N-methyl/N-ethyl adjacent to an activating group) is 1. The van der Waals surface area contributed by atoms with Crippen LogP contribution in [0.3, 0.4) is 0 Å². The zero-order valence-electron chi connectivity index (χ0n) is 8.71. The normalized spacial score (nSPS) is 41.5. The van der Waals surface area contributed by atoms with E-state index < -0.39 is 0 Å². The number of hydrogen-bond acceptors (Lipinski definition) is 0. The molecule has 2 atom stereocenters. The van der Waals surface area contributed by atoms with Crippen molar-refractivity contribution in [2.75, 3.05) is 13.6 Å². The molecule has 1 aliphatic heterocycles. The van der Waals surface area contributed by atoms with Gasteiger partial charge in [0.2, 0.25) is 0 Å². The predicted octanol–water partition coefficient (Wildman–Crippen LogP) is 2.41. The van der Waals surface area contributed by atoms with Crippen LogP contribution in [0.25, 0.3) is 0 Å². The molecule has 1 saturated carbocycles. The summed E-state index contributed by atoms with van der Waals surface area (Å²) in [6.07, 6.45) is 6.07. The van der Waals surface area contributed by atoms with Gasteiger partial charge < -0.3 is 4.48 Å². The predicted molar refractivity (Wildman–Crippen MR) is 51.9 cm³/mol. The van der Waals surface area contributed by atoms with E-state index in [9.17, 15) is 0 Å². The molecule has 1 nitrogen and oxygen atoms in total. The van der Waals surface area contributed by atoms with Crippen molar-refractivity contribution in [1.82, 2.24) is 0 Å². The second-order valence-electron chi connectivity index (χ2n) is 5.31. The van der Waals surface area contributed by atoms with E-state index in [0.717, 1.165) is 18.0 Å². The van der Waals surface area contributed by atoms with Gasteiger partial charge in [0.05, 0.1) is 13.1 Å². The zero-order chi connectivity index (χ0) is 8.77. The van der Waals surface area contributed by atoms with E-state index in [-0.39, 0.29) is 0 Å². The van der Waals surface area contributed by atoms with Crippen LogP contribution in [0.2, 0.25) is 0 Å². The lowest BCUT2D eigenvalue weighted by atomic mass is 9.82. The molecule has 0 amide bonds. The number of nitrogens with zero attached hydrogens (tertiary/aromatic N) is 1. The highest BCUT2D eigenvalue weighted by atomic mass is 15.5. The third-order valence-electron chi connectivity index (χ3n) is 4.31. The van der Waals surface area contributed by atoms with Crippen LogP contribution < -0.4 is 0 Å². The molecule has 1 heterocycles. The summed E-state index contributed by atoms with van der Waals surface area (Å²) in [5.41, 5.74) is 0. The van der Waals surface area contributed by atoms with Gasteiger partial charge in [0, 0.05) is 6.42 Å². The fraction of sp³-hybridized carbons (Fsp3) is 1.00. The van der Waals surface area contributed by atoms with Crippen LogP contribution in [0.1, 0.15) is 39.5 Å². The molecule has 2 rings (SSSR count). The summed E-state index contributed by atoms with van der Waals surface area (Å²) >= 11 is 0. The van der Waals surface area contributed by atoms with Gasteiger partial charge >= 0.3 is 0 Å². The average Bonchev–Trinajstić information content (AvgIpc) is 2.55. The summed E-state index contributed by atoms with van der Waals surface area (Å²) in [6.45, 7) is 6.18. The van der Waals surface area contributed by atoms with Crippen LogP contribution in [0.4, 0.5) is 0 Å². The highest BCUT2D eigenvalue weighted by Crippen LogP contribution is 2.41. The average molecular weight is 168 g/mol. The van der Waals surface area contributed by atoms with Crippen molar-refractivity contribution < 1.29 is 4.48 Å². The summed E-state index contributed by atoms with van der Waals surface area (Å²) in [7, 11) is 2.42. The minimum atomic E-state index is 0.843. The van der Waals surface area contributed by atoms with Crippen LogP contribution in [-0.2, 0) is 0 Å². The van der Waals surface area contributed by atoms with Crippen LogP contribution >= 0.6 is 0 Å². The van der Waals surface area contributed by atoms with Gasteiger partial charge in [-0.2, -0.15) is 0 Å². The minimum Gasteiger partial charge on any atom is -0.312 e. The van der Waals surface area contributed by atoms with E-state index in [1.807, 2.05) is 0 Å². The van der Waals surface area contributed by atoms with E-state index in [2.05, 4.69) is 20.9 Å². The third-order valence-corrected chi connectivity index (χ3v) is 4.31. The van der Waals surface area contributed by atoms with Gasteiger partial charge in [-0.15, -0.1) is 0 Å². The van der Waals surface area contributed by atoms with Gasteiger partial charge in [0.15, 0.2) is 0 Å². The maximum Gasteiger partial charge on any atom is 0.139 e. The Bertz CT molecular complexity index is 172. The van der Waals surface area contributed by atoms with Gasteiger partial charge in [0.1, 0.15) is 12.6 Å². The van der Waals surface area contributed by atoms with E-state index in [1.54, 1.807) is 0 Å². The molecule has 0 aromatic carbocycles. The van der Waals surface area contributed by atoms with Crippen LogP contribution in [-0.4, -0.2) is 30.2 Å². The van der Waals surface area contributed by atoms with Crippen molar-refractivity contribution in [3.05, 3.63) is 0 Å². The molecule has 1 aliphatic carbocycles. The Balaban J connectivity index is 1.78. The fourth-order valence-corrected chi connectivity index (χ4v) is 2.47. The SMILES string of the molecule is CC(C)[N+]1(C)CC1CC1CCC1. The Morgan fingerprint density at radius 1 is 1.33 bits per heavy atom. The lowest BCUT2D eigenvalue weighted by Crippen LogP contribution is -2.32. The Kier molecular flexibility index (Phi) is 1.95. The molecule has 12 heavy (non-hydrogen) atoms. The first-order valence-corrected chi connectivity index (χ1v) is 5.48. The van der Waals surface area contributed by atoms with E-state index in [0.29, 0.717) is 0 Å². The molecule has 0 aromatic heterocycles. The molecule has 0 N–H and O–H groups in total. The molecule has 2 fully saturated rings. The van der Waals surface area contributed by atoms with Crippen LogP contribution in [0.5, 0.6) is 0 Å². The molecule has 1 saturated heterocycles. The highest BCUT2D eigenvalue weighted by Gasteiger charge is 2.53. The summed E-state index contributed by atoms with van der Waals surface area (Å²) < 4.78 is 1.36. The van der Waals surface area contributed by atoms with Gasteiger partial charge in [-0.1, -0.05) is 19.3 Å². The van der Waals surface area contributed by atoms with Crippen molar-refractivity contribution in [3.63, 3.8) is 0 Å². The molecular weight excluding hydrogens is 146 g/mol. The van der Waals surface area contributed by atoms with Crippen molar-refractivity contribution in [1.29, 1.82) is 0 Å². The van der Waals surface area contributed by atoms with Crippen molar-refractivity contribution in [2.24, 2.45) is 5.92 Å². The quantitative estimate of drug-likeness (QED) is 0.448.